The van der Waals surface area contributed by atoms with Crippen LogP contribution < -0.4 is 10.0 Å². The molecule has 0 amide bonds. The van der Waals surface area contributed by atoms with Crippen LogP contribution >= 0.6 is 11.3 Å². The van der Waals surface area contributed by atoms with Gasteiger partial charge in [0.25, 0.3) is 0 Å². The standard InChI is InChI=1S/C14H24N2O3S2/c1-10(2)15-9-13-14(6-7-20-13)21(17,18)16-11-4-5-12(8-11)19-3/h6-7,10-12,15-16H,4-5,8-9H2,1-3H3. The van der Waals surface area contributed by atoms with Crippen LogP contribution in [0.1, 0.15) is 38.0 Å². The number of ether oxygens (including phenoxy) is 1. The lowest BCUT2D eigenvalue weighted by molar-refractivity contribution is 0.107. The van der Waals surface area contributed by atoms with E-state index in [-0.39, 0.29) is 12.1 Å². The van der Waals surface area contributed by atoms with Crippen LogP contribution in [0.15, 0.2) is 16.3 Å². The lowest BCUT2D eigenvalue weighted by atomic mass is 10.3. The number of sulfonamides is 1. The van der Waals surface area contributed by atoms with E-state index >= 15 is 0 Å². The summed E-state index contributed by atoms with van der Waals surface area (Å²) < 4.78 is 33.2. The van der Waals surface area contributed by atoms with Crippen molar-refractivity contribution < 1.29 is 13.2 Å². The van der Waals surface area contributed by atoms with Crippen molar-refractivity contribution in [2.75, 3.05) is 7.11 Å². The number of thiophene rings is 1. The molecule has 0 bridgehead atoms. The Morgan fingerprint density at radius 1 is 1.43 bits per heavy atom. The van der Waals surface area contributed by atoms with Gasteiger partial charge in [0.05, 0.1) is 11.0 Å². The number of hydrogen-bond acceptors (Lipinski definition) is 5. The van der Waals surface area contributed by atoms with Gasteiger partial charge < -0.3 is 10.1 Å². The first kappa shape index (κ1) is 16.9. The van der Waals surface area contributed by atoms with Crippen LogP contribution in [0.5, 0.6) is 0 Å². The summed E-state index contributed by atoms with van der Waals surface area (Å²) in [6.45, 7) is 4.67. The third kappa shape index (κ3) is 4.50. The fourth-order valence-corrected chi connectivity index (χ4v) is 5.22. The third-order valence-corrected chi connectivity index (χ3v) is 6.36. The van der Waals surface area contributed by atoms with E-state index in [2.05, 4.69) is 10.0 Å². The minimum absolute atomic E-state index is 0.0224. The van der Waals surface area contributed by atoms with Gasteiger partial charge in [0, 0.05) is 30.6 Å². The van der Waals surface area contributed by atoms with E-state index in [1.165, 1.54) is 11.3 Å². The van der Waals surface area contributed by atoms with Gasteiger partial charge in [-0.25, -0.2) is 13.1 Å². The lowest BCUT2D eigenvalue weighted by Crippen LogP contribution is -2.34. The van der Waals surface area contributed by atoms with Crippen LogP contribution in [-0.2, 0) is 21.3 Å². The highest BCUT2D eigenvalue weighted by molar-refractivity contribution is 7.89. The number of rotatable bonds is 7. The molecule has 1 aromatic rings. The SMILES string of the molecule is COC1CCC(NS(=O)(=O)c2ccsc2CNC(C)C)C1. The Kier molecular flexibility index (Phi) is 5.79. The van der Waals surface area contributed by atoms with E-state index in [4.69, 9.17) is 4.74 Å². The monoisotopic (exact) mass is 332 g/mol. The predicted octanol–water partition coefficient (Wildman–Crippen LogP) is 2.09. The Morgan fingerprint density at radius 3 is 2.81 bits per heavy atom. The third-order valence-electron chi connectivity index (χ3n) is 3.70. The summed E-state index contributed by atoms with van der Waals surface area (Å²) in [4.78, 5) is 1.26. The Balaban J connectivity index is 2.04. The van der Waals surface area contributed by atoms with Crippen molar-refractivity contribution >= 4 is 21.4 Å². The molecule has 0 aromatic carbocycles. The van der Waals surface area contributed by atoms with Crippen LogP contribution in [0.2, 0.25) is 0 Å². The van der Waals surface area contributed by atoms with E-state index in [0.717, 1.165) is 24.1 Å². The predicted molar refractivity (Wildman–Crippen MR) is 85.1 cm³/mol. The van der Waals surface area contributed by atoms with Gasteiger partial charge in [-0.05, 0) is 30.7 Å². The largest absolute Gasteiger partial charge is 0.381 e. The first-order valence-electron chi connectivity index (χ1n) is 7.27. The summed E-state index contributed by atoms with van der Waals surface area (Å²) in [5.41, 5.74) is 0. The maximum Gasteiger partial charge on any atom is 0.241 e. The van der Waals surface area contributed by atoms with Crippen LogP contribution in [0.25, 0.3) is 0 Å². The molecule has 0 aliphatic heterocycles. The van der Waals surface area contributed by atoms with Crippen molar-refractivity contribution in [3.05, 3.63) is 16.3 Å². The first-order valence-corrected chi connectivity index (χ1v) is 9.63. The molecule has 7 heteroatoms. The molecule has 2 rings (SSSR count). The van der Waals surface area contributed by atoms with Gasteiger partial charge in [0.2, 0.25) is 10.0 Å². The van der Waals surface area contributed by atoms with Crippen LogP contribution in [0, 0.1) is 0 Å². The van der Waals surface area contributed by atoms with Crippen molar-refractivity contribution in [1.82, 2.24) is 10.0 Å². The number of hydrogen-bond donors (Lipinski definition) is 2. The first-order chi connectivity index (χ1) is 9.92. The zero-order valence-electron chi connectivity index (χ0n) is 12.8. The van der Waals surface area contributed by atoms with E-state index in [1.54, 1.807) is 13.2 Å². The topological polar surface area (TPSA) is 67.4 Å². The molecule has 21 heavy (non-hydrogen) atoms. The van der Waals surface area contributed by atoms with Gasteiger partial charge in [-0.3, -0.25) is 0 Å². The van der Waals surface area contributed by atoms with Gasteiger partial charge in [0.1, 0.15) is 0 Å². The molecule has 2 N–H and O–H groups in total. The quantitative estimate of drug-likeness (QED) is 0.802. The second-order valence-corrected chi connectivity index (χ2v) is 8.42. The van der Waals surface area contributed by atoms with Gasteiger partial charge in [-0.2, -0.15) is 0 Å². The van der Waals surface area contributed by atoms with E-state index in [1.807, 2.05) is 19.2 Å². The molecule has 2 atom stereocenters. The molecule has 1 heterocycles. The average molecular weight is 332 g/mol. The molecule has 2 unspecified atom stereocenters. The van der Waals surface area contributed by atoms with E-state index in [0.29, 0.717) is 17.5 Å². The van der Waals surface area contributed by atoms with Gasteiger partial charge in [-0.15, -0.1) is 11.3 Å². The fourth-order valence-electron chi connectivity index (χ4n) is 2.54. The Morgan fingerprint density at radius 2 is 2.19 bits per heavy atom. The van der Waals surface area contributed by atoms with Gasteiger partial charge in [-0.1, -0.05) is 13.8 Å². The number of methoxy groups -OCH3 is 1. The highest BCUT2D eigenvalue weighted by Crippen LogP contribution is 2.26. The maximum atomic E-state index is 12.5. The average Bonchev–Trinajstić information content (AvgIpc) is 3.04. The molecule has 5 nitrogen and oxygen atoms in total. The zero-order valence-corrected chi connectivity index (χ0v) is 14.4. The van der Waals surface area contributed by atoms with Gasteiger partial charge >= 0.3 is 0 Å². The van der Waals surface area contributed by atoms with E-state index in [9.17, 15) is 8.42 Å². The Hall–Kier alpha value is -0.470. The normalized spacial score (nSPS) is 23.0. The van der Waals surface area contributed by atoms with Gasteiger partial charge in [0.15, 0.2) is 0 Å². The molecule has 0 radical (unpaired) electrons. The minimum Gasteiger partial charge on any atom is -0.381 e. The molecule has 1 aromatic heterocycles. The van der Waals surface area contributed by atoms with E-state index < -0.39 is 10.0 Å². The molecule has 0 saturated heterocycles. The summed E-state index contributed by atoms with van der Waals surface area (Å²) in [6.07, 6.45) is 2.66. The Labute approximate surface area is 131 Å². The molecule has 0 spiro atoms. The second kappa shape index (κ2) is 7.19. The van der Waals surface area contributed by atoms with Crippen molar-refractivity contribution in [2.24, 2.45) is 0 Å². The lowest BCUT2D eigenvalue weighted by Gasteiger charge is -2.14. The maximum absolute atomic E-state index is 12.5. The van der Waals surface area contributed by atoms with Crippen molar-refractivity contribution in [1.29, 1.82) is 0 Å². The Bertz CT molecular complexity index is 554. The van der Waals surface area contributed by atoms with Crippen molar-refractivity contribution in [3.63, 3.8) is 0 Å². The highest BCUT2D eigenvalue weighted by atomic mass is 32.2. The smallest absolute Gasteiger partial charge is 0.241 e. The fraction of sp³-hybridized carbons (Fsp3) is 0.714. The molecule has 1 saturated carbocycles. The molecule has 1 aliphatic carbocycles. The van der Waals surface area contributed by atoms with Crippen molar-refractivity contribution in [3.8, 4) is 0 Å². The van der Waals surface area contributed by atoms with Crippen LogP contribution in [0.4, 0.5) is 0 Å². The summed E-state index contributed by atoms with van der Waals surface area (Å²) in [5.74, 6) is 0. The summed E-state index contributed by atoms with van der Waals surface area (Å²) in [5, 5.41) is 5.10. The second-order valence-electron chi connectivity index (χ2n) is 5.73. The molecule has 1 fully saturated rings. The zero-order chi connectivity index (χ0) is 15.5. The molecule has 1 aliphatic rings. The molecular weight excluding hydrogens is 308 g/mol. The summed E-state index contributed by atoms with van der Waals surface area (Å²) in [6, 6.07) is 1.99. The molecular formula is C14H24N2O3S2. The molecule has 120 valence electrons. The van der Waals surface area contributed by atoms with Crippen LogP contribution in [-0.4, -0.2) is 33.7 Å². The van der Waals surface area contributed by atoms with Crippen LogP contribution in [0.3, 0.4) is 0 Å². The summed E-state index contributed by atoms with van der Waals surface area (Å²) in [7, 11) is -1.77. The summed E-state index contributed by atoms with van der Waals surface area (Å²) >= 11 is 1.48. The van der Waals surface area contributed by atoms with Crippen molar-refractivity contribution in [2.45, 2.75) is 62.7 Å². The minimum atomic E-state index is -3.45. The highest BCUT2D eigenvalue weighted by Gasteiger charge is 2.29. The number of nitrogens with one attached hydrogen (secondary N) is 2.